The zero-order chi connectivity index (χ0) is 12.4. The second-order valence-electron chi connectivity index (χ2n) is 3.44. The summed E-state index contributed by atoms with van der Waals surface area (Å²) < 4.78 is 1.60. The second kappa shape index (κ2) is 6.22. The summed E-state index contributed by atoms with van der Waals surface area (Å²) in [6.45, 7) is 0.0888. The van der Waals surface area contributed by atoms with Gasteiger partial charge in [-0.15, -0.1) is 17.0 Å². The lowest BCUT2D eigenvalue weighted by atomic mass is 10.1. The van der Waals surface area contributed by atoms with Gasteiger partial charge in [0.15, 0.2) is 5.78 Å². The van der Waals surface area contributed by atoms with E-state index in [0.29, 0.717) is 0 Å². The average Bonchev–Trinajstić information content (AvgIpc) is 2.76. The highest BCUT2D eigenvalue weighted by molar-refractivity contribution is 8.93. The topological polar surface area (TPSA) is 55.1 Å². The highest BCUT2D eigenvalue weighted by atomic mass is 79.9. The van der Waals surface area contributed by atoms with Crippen LogP contribution in [0, 0.1) is 0 Å². The van der Waals surface area contributed by atoms with E-state index in [1.54, 1.807) is 17.0 Å². The minimum absolute atomic E-state index is 0. The van der Waals surface area contributed by atoms with E-state index >= 15 is 0 Å². The number of hydrogen-bond acceptors (Lipinski definition) is 3. The quantitative estimate of drug-likeness (QED) is 0.862. The lowest BCUT2D eigenvalue weighted by Gasteiger charge is -2.06. The van der Waals surface area contributed by atoms with Crippen LogP contribution in [0.1, 0.15) is 10.4 Å². The van der Waals surface area contributed by atoms with Gasteiger partial charge in [0.2, 0.25) is 0 Å². The molecule has 0 saturated carbocycles. The van der Waals surface area contributed by atoms with Gasteiger partial charge in [-0.3, -0.25) is 4.79 Å². The molecule has 0 saturated heterocycles. The van der Waals surface area contributed by atoms with Crippen LogP contribution in [0.2, 0.25) is 10.0 Å². The Kier molecular flexibility index (Phi) is 5.19. The third kappa shape index (κ3) is 3.25. The SMILES string of the molecule is Br.O=C(Cn1ccnc1)c1cc(Cl)c(Cl)cc1O. The number of ketones is 1. The first-order chi connectivity index (χ1) is 8.08. The Balaban J connectivity index is 0.00000162. The third-order valence-corrected chi connectivity index (χ3v) is 2.95. The van der Waals surface area contributed by atoms with E-state index in [2.05, 4.69) is 4.98 Å². The van der Waals surface area contributed by atoms with Crippen molar-refractivity contribution in [2.24, 2.45) is 0 Å². The fraction of sp³-hybridized carbons (Fsp3) is 0.0909. The molecule has 0 bridgehead atoms. The Morgan fingerprint density at radius 3 is 2.61 bits per heavy atom. The Morgan fingerprint density at radius 2 is 2.00 bits per heavy atom. The van der Waals surface area contributed by atoms with Crippen LogP contribution in [0.4, 0.5) is 0 Å². The fourth-order valence-corrected chi connectivity index (χ4v) is 1.71. The summed E-state index contributed by atoms with van der Waals surface area (Å²) in [5.74, 6) is -0.441. The maximum Gasteiger partial charge on any atom is 0.186 e. The van der Waals surface area contributed by atoms with Gasteiger partial charge in [-0.2, -0.15) is 0 Å². The van der Waals surface area contributed by atoms with Gasteiger partial charge in [-0.1, -0.05) is 23.2 Å². The molecule has 0 fully saturated rings. The molecule has 0 aliphatic heterocycles. The molecule has 4 nitrogen and oxygen atoms in total. The number of nitrogens with zero attached hydrogens (tertiary/aromatic N) is 2. The van der Waals surface area contributed by atoms with Crippen LogP contribution in [0.5, 0.6) is 5.75 Å². The smallest absolute Gasteiger partial charge is 0.186 e. The van der Waals surface area contributed by atoms with E-state index in [-0.39, 0.29) is 50.7 Å². The molecule has 0 aliphatic rings. The molecule has 1 aromatic heterocycles. The van der Waals surface area contributed by atoms with E-state index in [9.17, 15) is 9.90 Å². The molecule has 2 aromatic rings. The van der Waals surface area contributed by atoms with Gasteiger partial charge < -0.3 is 9.67 Å². The van der Waals surface area contributed by atoms with Crippen molar-refractivity contribution in [1.29, 1.82) is 0 Å². The molecule has 7 heteroatoms. The summed E-state index contributed by atoms with van der Waals surface area (Å²) in [5, 5.41) is 10.1. The Labute approximate surface area is 124 Å². The molecule has 0 radical (unpaired) electrons. The Bertz CT molecular complexity index is 558. The molecule has 2 rings (SSSR count). The summed E-state index contributed by atoms with van der Waals surface area (Å²) in [6.07, 6.45) is 4.75. The number of carbonyl (C=O) groups is 1. The number of rotatable bonds is 3. The summed E-state index contributed by atoms with van der Waals surface area (Å²) in [4.78, 5) is 15.7. The first-order valence-electron chi connectivity index (χ1n) is 4.75. The van der Waals surface area contributed by atoms with Gasteiger partial charge in [-0.05, 0) is 6.07 Å². The van der Waals surface area contributed by atoms with Crippen molar-refractivity contribution >= 4 is 46.0 Å². The molecule has 96 valence electrons. The number of halogens is 3. The van der Waals surface area contributed by atoms with Crippen molar-refractivity contribution in [1.82, 2.24) is 9.55 Å². The highest BCUT2D eigenvalue weighted by Crippen LogP contribution is 2.30. The number of aromatic nitrogens is 2. The van der Waals surface area contributed by atoms with Gasteiger partial charge in [0.05, 0.1) is 28.5 Å². The lowest BCUT2D eigenvalue weighted by Crippen LogP contribution is -2.09. The predicted molar refractivity (Wildman–Crippen MR) is 75.0 cm³/mol. The van der Waals surface area contributed by atoms with E-state index < -0.39 is 0 Å². The number of Topliss-reactive ketones (excluding diaryl/α,β-unsaturated/α-hetero) is 1. The van der Waals surface area contributed by atoms with E-state index in [1.165, 1.54) is 18.5 Å². The molecule has 1 heterocycles. The molecule has 0 amide bonds. The van der Waals surface area contributed by atoms with E-state index in [0.717, 1.165) is 0 Å². The Hall–Kier alpha value is -1.04. The normalized spacial score (nSPS) is 9.89. The molecule has 18 heavy (non-hydrogen) atoms. The maximum absolute atomic E-state index is 11.9. The highest BCUT2D eigenvalue weighted by Gasteiger charge is 2.14. The molecule has 0 aliphatic carbocycles. The van der Waals surface area contributed by atoms with Crippen LogP contribution >= 0.6 is 40.2 Å². The van der Waals surface area contributed by atoms with Gasteiger partial charge in [0, 0.05) is 18.5 Å². The molecular weight excluding hydrogens is 343 g/mol. The Morgan fingerprint density at radius 1 is 1.33 bits per heavy atom. The molecule has 0 spiro atoms. The molecule has 1 N–H and O–H groups in total. The van der Waals surface area contributed by atoms with Crippen molar-refractivity contribution in [2.75, 3.05) is 0 Å². The summed E-state index contributed by atoms with van der Waals surface area (Å²) in [6, 6.07) is 2.61. The summed E-state index contributed by atoms with van der Waals surface area (Å²) >= 11 is 11.5. The first-order valence-corrected chi connectivity index (χ1v) is 5.50. The third-order valence-electron chi connectivity index (χ3n) is 2.22. The van der Waals surface area contributed by atoms with Gasteiger partial charge >= 0.3 is 0 Å². The summed E-state index contributed by atoms with van der Waals surface area (Å²) in [5.41, 5.74) is 0.146. The monoisotopic (exact) mass is 350 g/mol. The number of phenols is 1. The molecule has 0 atom stereocenters. The molecule has 1 aromatic carbocycles. The van der Waals surface area contributed by atoms with Gasteiger partial charge in [-0.25, -0.2) is 4.98 Å². The van der Waals surface area contributed by atoms with Crippen molar-refractivity contribution in [3.63, 3.8) is 0 Å². The number of phenolic OH excluding ortho intramolecular Hbond substituents is 1. The first kappa shape index (κ1) is 15.0. The number of imidazole rings is 1. The molecular formula is C11H9BrCl2N2O2. The van der Waals surface area contributed by atoms with Crippen LogP contribution in [0.3, 0.4) is 0 Å². The van der Waals surface area contributed by atoms with Crippen LogP contribution < -0.4 is 0 Å². The van der Waals surface area contributed by atoms with E-state index in [1.807, 2.05) is 0 Å². The van der Waals surface area contributed by atoms with Gasteiger partial charge in [0.25, 0.3) is 0 Å². The lowest BCUT2D eigenvalue weighted by molar-refractivity contribution is 0.0969. The number of aromatic hydroxyl groups is 1. The number of benzene rings is 1. The predicted octanol–water partition coefficient (Wildman–Crippen LogP) is 3.36. The van der Waals surface area contributed by atoms with Crippen molar-refractivity contribution in [2.45, 2.75) is 6.54 Å². The van der Waals surface area contributed by atoms with Crippen molar-refractivity contribution in [3.8, 4) is 5.75 Å². The summed E-state index contributed by atoms with van der Waals surface area (Å²) in [7, 11) is 0. The second-order valence-corrected chi connectivity index (χ2v) is 4.26. The van der Waals surface area contributed by atoms with E-state index in [4.69, 9.17) is 23.2 Å². The van der Waals surface area contributed by atoms with Crippen LogP contribution in [0.25, 0.3) is 0 Å². The fourth-order valence-electron chi connectivity index (χ4n) is 1.39. The zero-order valence-electron chi connectivity index (χ0n) is 9.01. The zero-order valence-corrected chi connectivity index (χ0v) is 12.2. The van der Waals surface area contributed by atoms with Crippen LogP contribution in [-0.2, 0) is 6.54 Å². The largest absolute Gasteiger partial charge is 0.507 e. The van der Waals surface area contributed by atoms with Crippen LogP contribution in [-0.4, -0.2) is 20.4 Å². The standard InChI is InChI=1S/C11H8Cl2N2O2.BrH/c12-8-3-7(10(16)4-9(8)13)11(17)5-15-2-1-14-6-15;/h1-4,6,16H,5H2;1H. The van der Waals surface area contributed by atoms with Crippen LogP contribution in [0.15, 0.2) is 30.9 Å². The minimum atomic E-state index is -0.265. The number of carbonyl (C=O) groups excluding carboxylic acids is 1. The van der Waals surface area contributed by atoms with Gasteiger partial charge in [0.1, 0.15) is 5.75 Å². The van der Waals surface area contributed by atoms with Crippen molar-refractivity contribution in [3.05, 3.63) is 46.5 Å². The van der Waals surface area contributed by atoms with Crippen molar-refractivity contribution < 1.29 is 9.90 Å². The average molecular weight is 352 g/mol. The molecule has 0 unspecified atom stereocenters. The minimum Gasteiger partial charge on any atom is -0.507 e. The number of hydrogen-bond donors (Lipinski definition) is 1. The maximum atomic E-state index is 11.9.